The van der Waals surface area contributed by atoms with Crippen LogP contribution in [-0.2, 0) is 4.79 Å². The van der Waals surface area contributed by atoms with Gasteiger partial charge in [0.15, 0.2) is 0 Å². The molecule has 0 fully saturated rings. The zero-order valence-corrected chi connectivity index (χ0v) is 13.8. The molecule has 0 unspecified atom stereocenters. The topological polar surface area (TPSA) is 65.5 Å². The lowest BCUT2D eigenvalue weighted by Gasteiger charge is -2.20. The monoisotopic (exact) mass is 337 g/mol. The molecule has 5 nitrogen and oxygen atoms in total. The molecule has 4 rings (SSSR count). The van der Waals surface area contributed by atoms with Crippen molar-refractivity contribution in [3.05, 3.63) is 68.6 Å². The molecule has 120 valence electrons. The minimum Gasteiger partial charge on any atom is -0.322 e. The molecule has 6 heteroatoms. The van der Waals surface area contributed by atoms with Crippen LogP contribution in [0.4, 0.5) is 0 Å². The van der Waals surface area contributed by atoms with Crippen molar-refractivity contribution < 1.29 is 4.79 Å². The van der Waals surface area contributed by atoms with Gasteiger partial charge in [0.25, 0.3) is 5.56 Å². The lowest BCUT2D eigenvalue weighted by molar-refractivity contribution is -0.130. The molecule has 3 heterocycles. The van der Waals surface area contributed by atoms with Gasteiger partial charge >= 0.3 is 0 Å². The minimum absolute atomic E-state index is 0.167. The zero-order valence-electron chi connectivity index (χ0n) is 13.0. The maximum Gasteiger partial charge on any atom is 0.253 e. The lowest BCUT2D eigenvalue weighted by Crippen LogP contribution is -2.29. The first-order valence-electron chi connectivity index (χ1n) is 7.66. The Kier molecular flexibility index (Phi) is 3.54. The highest BCUT2D eigenvalue weighted by molar-refractivity contribution is 7.12. The van der Waals surface area contributed by atoms with Crippen LogP contribution in [0, 0.1) is 0 Å². The number of fused-ring (bicyclic) bond motifs is 1. The van der Waals surface area contributed by atoms with Crippen molar-refractivity contribution in [2.45, 2.75) is 19.4 Å². The summed E-state index contributed by atoms with van der Waals surface area (Å²) in [6.07, 6.45) is 0.543. The number of amides is 1. The maximum absolute atomic E-state index is 12.5. The Morgan fingerprint density at radius 3 is 2.88 bits per heavy atom. The Morgan fingerprint density at radius 1 is 1.29 bits per heavy atom. The average Bonchev–Trinajstić information content (AvgIpc) is 3.23. The van der Waals surface area contributed by atoms with E-state index in [1.807, 2.05) is 47.8 Å². The van der Waals surface area contributed by atoms with Gasteiger partial charge in [-0.05, 0) is 29.0 Å². The molecule has 0 radical (unpaired) electrons. The molecule has 1 aromatic carbocycles. The highest BCUT2D eigenvalue weighted by Crippen LogP contribution is 2.33. The second-order valence-electron chi connectivity index (χ2n) is 5.75. The van der Waals surface area contributed by atoms with Crippen molar-refractivity contribution in [3.63, 3.8) is 0 Å². The van der Waals surface area contributed by atoms with Gasteiger partial charge in [0, 0.05) is 24.4 Å². The fourth-order valence-electron chi connectivity index (χ4n) is 3.05. The Bertz CT molecular complexity index is 1000. The van der Waals surface area contributed by atoms with Gasteiger partial charge in [0.2, 0.25) is 5.91 Å². The van der Waals surface area contributed by atoms with Gasteiger partial charge in [0.05, 0.1) is 16.6 Å². The minimum atomic E-state index is -0.368. The van der Waals surface area contributed by atoms with Crippen LogP contribution in [0.15, 0.2) is 57.7 Å². The van der Waals surface area contributed by atoms with Crippen molar-refractivity contribution in [3.8, 4) is 0 Å². The normalized spacial score (nSPS) is 17.3. The summed E-state index contributed by atoms with van der Waals surface area (Å²) in [6, 6.07) is 13.1. The molecule has 1 aliphatic heterocycles. The second-order valence-corrected chi connectivity index (χ2v) is 6.70. The fraction of sp³-hybridized carbons (Fsp3) is 0.167. The van der Waals surface area contributed by atoms with Gasteiger partial charge in [-0.15, -0.1) is 11.3 Å². The molecular weight excluding hydrogens is 322 g/mol. The Morgan fingerprint density at radius 2 is 2.12 bits per heavy atom. The smallest absolute Gasteiger partial charge is 0.253 e. The van der Waals surface area contributed by atoms with Gasteiger partial charge in [-0.1, -0.05) is 24.3 Å². The molecule has 1 N–H and O–H groups in total. The summed E-state index contributed by atoms with van der Waals surface area (Å²) < 4.78 is 0. The molecule has 2 aromatic heterocycles. The highest BCUT2D eigenvalue weighted by Gasteiger charge is 2.33. The third-order valence-corrected chi connectivity index (χ3v) is 5.10. The number of para-hydroxylation sites is 1. The fourth-order valence-corrected chi connectivity index (χ4v) is 3.77. The van der Waals surface area contributed by atoms with Crippen LogP contribution in [0.1, 0.15) is 29.8 Å². The molecule has 3 aromatic rings. The van der Waals surface area contributed by atoms with E-state index in [0.717, 1.165) is 21.5 Å². The summed E-state index contributed by atoms with van der Waals surface area (Å²) in [6.45, 7) is 1.48. The SMILES string of the molecule is CC(=O)N1N=C(c2cccs2)C[C@H]1c1cc2ccccc2[nH]c1=O. The number of hydrogen-bond acceptors (Lipinski definition) is 4. The van der Waals surface area contributed by atoms with Crippen molar-refractivity contribution in [1.29, 1.82) is 0 Å². The predicted octanol–water partition coefficient (Wildman–Crippen LogP) is 3.29. The first-order valence-corrected chi connectivity index (χ1v) is 8.54. The number of hydrazone groups is 1. The first kappa shape index (κ1) is 14.8. The van der Waals surface area contributed by atoms with E-state index in [1.54, 1.807) is 11.3 Å². The van der Waals surface area contributed by atoms with E-state index in [-0.39, 0.29) is 17.5 Å². The second kappa shape index (κ2) is 5.72. The summed E-state index contributed by atoms with van der Waals surface area (Å²) in [7, 11) is 0. The number of pyridine rings is 1. The summed E-state index contributed by atoms with van der Waals surface area (Å²) >= 11 is 1.58. The van der Waals surface area contributed by atoms with Crippen LogP contribution >= 0.6 is 11.3 Å². The molecule has 0 spiro atoms. The quantitative estimate of drug-likeness (QED) is 0.780. The molecule has 24 heavy (non-hydrogen) atoms. The predicted molar refractivity (Wildman–Crippen MR) is 95.3 cm³/mol. The Hall–Kier alpha value is -2.73. The Balaban J connectivity index is 1.80. The number of aromatic nitrogens is 1. The third kappa shape index (κ3) is 2.45. The van der Waals surface area contributed by atoms with Gasteiger partial charge in [-0.25, -0.2) is 5.01 Å². The van der Waals surface area contributed by atoms with Gasteiger partial charge in [-0.3, -0.25) is 9.59 Å². The van der Waals surface area contributed by atoms with E-state index in [0.29, 0.717) is 12.0 Å². The molecule has 0 aliphatic carbocycles. The van der Waals surface area contributed by atoms with Gasteiger partial charge in [0.1, 0.15) is 0 Å². The number of nitrogens with one attached hydrogen (secondary N) is 1. The van der Waals surface area contributed by atoms with Crippen LogP contribution in [0.2, 0.25) is 0 Å². The van der Waals surface area contributed by atoms with E-state index in [9.17, 15) is 9.59 Å². The molecule has 1 aliphatic rings. The van der Waals surface area contributed by atoms with Crippen molar-refractivity contribution >= 4 is 33.9 Å². The number of aromatic amines is 1. The number of benzene rings is 1. The van der Waals surface area contributed by atoms with Gasteiger partial charge in [-0.2, -0.15) is 5.10 Å². The van der Waals surface area contributed by atoms with Crippen LogP contribution in [0.3, 0.4) is 0 Å². The molecule has 1 atom stereocenters. The molecule has 0 saturated carbocycles. The standard InChI is InChI=1S/C18H15N3O2S/c1-11(22)21-16(10-15(20-21)17-7-4-8-24-17)13-9-12-5-2-3-6-14(12)19-18(13)23/h2-9,16H,10H2,1H3,(H,19,23)/t16-/m0/s1. The summed E-state index contributed by atoms with van der Waals surface area (Å²) in [5, 5.41) is 8.81. The highest BCUT2D eigenvalue weighted by atomic mass is 32.1. The third-order valence-electron chi connectivity index (χ3n) is 4.18. The molecule has 0 saturated heterocycles. The number of thiophene rings is 1. The summed E-state index contributed by atoms with van der Waals surface area (Å²) in [5.41, 5.74) is 2.03. The average molecular weight is 337 g/mol. The number of rotatable bonds is 2. The summed E-state index contributed by atoms with van der Waals surface area (Å²) in [5.74, 6) is -0.167. The molecule has 0 bridgehead atoms. The molecular formula is C18H15N3O2S. The lowest BCUT2D eigenvalue weighted by atomic mass is 10.0. The van der Waals surface area contributed by atoms with Crippen LogP contribution in [-0.4, -0.2) is 21.6 Å². The Labute approximate surface area is 142 Å². The number of carbonyl (C=O) groups is 1. The van der Waals surface area contributed by atoms with E-state index >= 15 is 0 Å². The largest absolute Gasteiger partial charge is 0.322 e. The van der Waals surface area contributed by atoms with Crippen molar-refractivity contribution in [2.75, 3.05) is 0 Å². The van der Waals surface area contributed by atoms with Crippen LogP contribution in [0.25, 0.3) is 10.9 Å². The van der Waals surface area contributed by atoms with Crippen LogP contribution in [0.5, 0.6) is 0 Å². The number of carbonyl (C=O) groups excluding carboxylic acids is 1. The number of nitrogens with zero attached hydrogens (tertiary/aromatic N) is 2. The molecule has 1 amide bonds. The zero-order chi connectivity index (χ0) is 16.7. The van der Waals surface area contributed by atoms with E-state index in [4.69, 9.17) is 0 Å². The number of hydrogen-bond donors (Lipinski definition) is 1. The first-order chi connectivity index (χ1) is 11.6. The van der Waals surface area contributed by atoms with Crippen LogP contribution < -0.4 is 5.56 Å². The van der Waals surface area contributed by atoms with E-state index < -0.39 is 0 Å². The number of H-pyrrole nitrogens is 1. The van der Waals surface area contributed by atoms with E-state index in [1.165, 1.54) is 11.9 Å². The van der Waals surface area contributed by atoms with Gasteiger partial charge < -0.3 is 4.98 Å². The summed E-state index contributed by atoms with van der Waals surface area (Å²) in [4.78, 5) is 28.5. The van der Waals surface area contributed by atoms with E-state index in [2.05, 4.69) is 10.1 Å². The maximum atomic E-state index is 12.5. The van der Waals surface area contributed by atoms with Crippen molar-refractivity contribution in [2.24, 2.45) is 5.10 Å². The van der Waals surface area contributed by atoms with Crippen molar-refractivity contribution in [1.82, 2.24) is 9.99 Å².